The molecule has 0 amide bonds. The van der Waals surface area contributed by atoms with E-state index in [0.717, 1.165) is 5.39 Å². The standard InChI is InChI=1S/C19H19N3O4/c1-4-26-19(23)18-21-16-8-6-5-7-15(16)17(22-18)20-12-9-13(24-2)11-14(10-12)25-3/h5-11H,4H2,1-3H3,(H,20,21,22). The Morgan fingerprint density at radius 2 is 1.73 bits per heavy atom. The molecule has 0 saturated heterocycles. The van der Waals surface area contributed by atoms with Gasteiger partial charge in [0.05, 0.1) is 26.3 Å². The Morgan fingerprint density at radius 1 is 1.04 bits per heavy atom. The van der Waals surface area contributed by atoms with Gasteiger partial charge in [-0.05, 0) is 19.1 Å². The number of anilines is 2. The van der Waals surface area contributed by atoms with Crippen LogP contribution in [-0.2, 0) is 4.74 Å². The van der Waals surface area contributed by atoms with E-state index in [0.29, 0.717) is 28.5 Å². The fraction of sp³-hybridized carbons (Fsp3) is 0.211. The van der Waals surface area contributed by atoms with Crippen molar-refractivity contribution < 1.29 is 19.0 Å². The van der Waals surface area contributed by atoms with E-state index in [1.807, 2.05) is 36.4 Å². The maximum Gasteiger partial charge on any atom is 0.376 e. The maximum absolute atomic E-state index is 12.1. The van der Waals surface area contributed by atoms with Crippen molar-refractivity contribution in [3.63, 3.8) is 0 Å². The van der Waals surface area contributed by atoms with Crippen LogP contribution in [0.15, 0.2) is 42.5 Å². The molecule has 0 atom stereocenters. The maximum atomic E-state index is 12.1. The molecule has 1 N–H and O–H groups in total. The zero-order valence-electron chi connectivity index (χ0n) is 14.8. The Hall–Kier alpha value is -3.35. The quantitative estimate of drug-likeness (QED) is 0.678. The van der Waals surface area contributed by atoms with Gasteiger partial charge in [0.1, 0.15) is 17.3 Å². The van der Waals surface area contributed by atoms with Crippen molar-refractivity contribution in [3.05, 3.63) is 48.3 Å². The van der Waals surface area contributed by atoms with Gasteiger partial charge in [-0.25, -0.2) is 14.8 Å². The molecule has 3 rings (SSSR count). The average molecular weight is 353 g/mol. The van der Waals surface area contributed by atoms with Crippen molar-refractivity contribution in [2.45, 2.75) is 6.92 Å². The van der Waals surface area contributed by atoms with Crippen LogP contribution in [0.2, 0.25) is 0 Å². The molecule has 0 fully saturated rings. The highest BCUT2D eigenvalue weighted by Crippen LogP contribution is 2.30. The van der Waals surface area contributed by atoms with Crippen LogP contribution < -0.4 is 14.8 Å². The van der Waals surface area contributed by atoms with Crippen molar-refractivity contribution in [3.8, 4) is 11.5 Å². The van der Waals surface area contributed by atoms with Crippen molar-refractivity contribution in [1.82, 2.24) is 9.97 Å². The highest BCUT2D eigenvalue weighted by atomic mass is 16.5. The second-order valence-electron chi connectivity index (χ2n) is 5.36. The van der Waals surface area contributed by atoms with Crippen LogP contribution in [0.4, 0.5) is 11.5 Å². The first-order chi connectivity index (χ1) is 12.6. The number of hydrogen-bond donors (Lipinski definition) is 1. The van der Waals surface area contributed by atoms with E-state index in [2.05, 4.69) is 15.3 Å². The van der Waals surface area contributed by atoms with E-state index in [4.69, 9.17) is 14.2 Å². The molecule has 0 radical (unpaired) electrons. The number of esters is 1. The number of aromatic nitrogens is 2. The van der Waals surface area contributed by atoms with Gasteiger partial charge in [-0.3, -0.25) is 0 Å². The number of para-hydroxylation sites is 1. The zero-order valence-corrected chi connectivity index (χ0v) is 14.8. The van der Waals surface area contributed by atoms with Crippen molar-refractivity contribution >= 4 is 28.4 Å². The molecule has 0 saturated carbocycles. The summed E-state index contributed by atoms with van der Waals surface area (Å²) in [6.45, 7) is 1.99. The molecule has 0 aliphatic carbocycles. The molecule has 7 heteroatoms. The number of ether oxygens (including phenoxy) is 3. The lowest BCUT2D eigenvalue weighted by molar-refractivity contribution is 0.0512. The summed E-state index contributed by atoms with van der Waals surface area (Å²) in [5.74, 6) is 1.20. The topological polar surface area (TPSA) is 82.6 Å². The first-order valence-electron chi connectivity index (χ1n) is 8.08. The number of rotatable bonds is 6. The molecular weight excluding hydrogens is 334 g/mol. The van der Waals surface area contributed by atoms with E-state index >= 15 is 0 Å². The molecule has 2 aromatic carbocycles. The fourth-order valence-corrected chi connectivity index (χ4v) is 2.48. The van der Waals surface area contributed by atoms with E-state index in [1.54, 1.807) is 27.2 Å². The molecule has 0 bridgehead atoms. The minimum Gasteiger partial charge on any atom is -0.497 e. The minimum absolute atomic E-state index is 0.00270. The number of benzene rings is 2. The summed E-state index contributed by atoms with van der Waals surface area (Å²) in [7, 11) is 3.16. The van der Waals surface area contributed by atoms with E-state index in [9.17, 15) is 4.79 Å². The summed E-state index contributed by atoms with van der Waals surface area (Å²) in [6.07, 6.45) is 0. The Bertz CT molecular complexity index is 921. The van der Waals surface area contributed by atoms with Gasteiger partial charge in [0.2, 0.25) is 5.82 Å². The molecule has 0 aliphatic heterocycles. The number of methoxy groups -OCH3 is 2. The Kier molecular flexibility index (Phi) is 5.17. The van der Waals surface area contributed by atoms with Crippen LogP contribution in [-0.4, -0.2) is 36.8 Å². The van der Waals surface area contributed by atoms with Crippen molar-refractivity contribution in [1.29, 1.82) is 0 Å². The predicted octanol–water partition coefficient (Wildman–Crippen LogP) is 3.57. The number of fused-ring (bicyclic) bond motifs is 1. The molecule has 7 nitrogen and oxygen atoms in total. The van der Waals surface area contributed by atoms with E-state index < -0.39 is 5.97 Å². The number of nitrogens with zero attached hydrogens (tertiary/aromatic N) is 2. The highest BCUT2D eigenvalue weighted by Gasteiger charge is 2.15. The number of carbonyl (C=O) groups is 1. The number of nitrogens with one attached hydrogen (secondary N) is 1. The number of hydrogen-bond acceptors (Lipinski definition) is 7. The Morgan fingerprint density at radius 3 is 2.38 bits per heavy atom. The van der Waals surface area contributed by atoms with Gasteiger partial charge in [-0.2, -0.15) is 0 Å². The zero-order chi connectivity index (χ0) is 18.5. The van der Waals surface area contributed by atoms with Gasteiger partial charge < -0.3 is 19.5 Å². The van der Waals surface area contributed by atoms with Gasteiger partial charge in [0, 0.05) is 29.3 Å². The molecule has 1 aromatic heterocycles. The van der Waals surface area contributed by atoms with Gasteiger partial charge in [-0.15, -0.1) is 0 Å². The summed E-state index contributed by atoms with van der Waals surface area (Å²) in [5, 5.41) is 3.99. The van der Waals surface area contributed by atoms with Crippen LogP contribution >= 0.6 is 0 Å². The second-order valence-corrected chi connectivity index (χ2v) is 5.36. The first kappa shape index (κ1) is 17.5. The molecule has 1 heterocycles. The molecule has 0 aliphatic rings. The molecular formula is C19H19N3O4. The second kappa shape index (κ2) is 7.69. The predicted molar refractivity (Wildman–Crippen MR) is 98.3 cm³/mol. The summed E-state index contributed by atoms with van der Waals surface area (Å²) < 4.78 is 15.6. The van der Waals surface area contributed by atoms with Crippen LogP contribution in [0.3, 0.4) is 0 Å². The lowest BCUT2D eigenvalue weighted by Gasteiger charge is -2.12. The van der Waals surface area contributed by atoms with Gasteiger partial charge in [0.25, 0.3) is 0 Å². The van der Waals surface area contributed by atoms with Crippen molar-refractivity contribution in [2.24, 2.45) is 0 Å². The van der Waals surface area contributed by atoms with Crippen molar-refractivity contribution in [2.75, 3.05) is 26.1 Å². The Labute approximate surface area is 150 Å². The largest absolute Gasteiger partial charge is 0.497 e. The lowest BCUT2D eigenvalue weighted by Crippen LogP contribution is -2.11. The number of carbonyl (C=O) groups excluding carboxylic acids is 1. The van der Waals surface area contributed by atoms with Crippen LogP contribution in [0.5, 0.6) is 11.5 Å². The van der Waals surface area contributed by atoms with E-state index in [1.165, 1.54) is 0 Å². The van der Waals surface area contributed by atoms with Gasteiger partial charge in [0.15, 0.2) is 0 Å². The lowest BCUT2D eigenvalue weighted by atomic mass is 10.2. The molecule has 0 spiro atoms. The molecule has 0 unspecified atom stereocenters. The molecule has 3 aromatic rings. The highest BCUT2D eigenvalue weighted by molar-refractivity contribution is 5.95. The molecule has 134 valence electrons. The molecule has 26 heavy (non-hydrogen) atoms. The SMILES string of the molecule is CCOC(=O)c1nc(Nc2cc(OC)cc(OC)c2)c2ccccc2n1. The van der Waals surface area contributed by atoms with Crippen LogP contribution in [0, 0.1) is 0 Å². The third-order valence-corrected chi connectivity index (χ3v) is 3.68. The van der Waals surface area contributed by atoms with Crippen LogP contribution in [0.1, 0.15) is 17.5 Å². The normalized spacial score (nSPS) is 10.4. The minimum atomic E-state index is -0.565. The van der Waals surface area contributed by atoms with Gasteiger partial charge >= 0.3 is 5.97 Å². The van der Waals surface area contributed by atoms with E-state index in [-0.39, 0.29) is 12.4 Å². The Balaban J connectivity index is 2.07. The fourth-order valence-electron chi connectivity index (χ4n) is 2.48. The monoisotopic (exact) mass is 353 g/mol. The summed E-state index contributed by atoms with van der Waals surface area (Å²) in [5.41, 5.74) is 1.35. The smallest absolute Gasteiger partial charge is 0.376 e. The van der Waals surface area contributed by atoms with Crippen LogP contribution in [0.25, 0.3) is 10.9 Å². The van der Waals surface area contributed by atoms with Gasteiger partial charge in [-0.1, -0.05) is 12.1 Å². The summed E-state index contributed by atoms with van der Waals surface area (Å²) >= 11 is 0. The average Bonchev–Trinajstić information content (AvgIpc) is 2.67. The summed E-state index contributed by atoms with van der Waals surface area (Å²) in [6, 6.07) is 12.8. The first-order valence-corrected chi connectivity index (χ1v) is 8.08. The third kappa shape index (κ3) is 3.66. The third-order valence-electron chi connectivity index (χ3n) is 3.68. The summed E-state index contributed by atoms with van der Waals surface area (Å²) in [4.78, 5) is 20.7.